The normalized spacial score (nSPS) is 15.5. The van der Waals surface area contributed by atoms with E-state index in [9.17, 15) is 13.2 Å². The molecule has 0 aliphatic carbocycles. The van der Waals surface area contributed by atoms with Crippen molar-refractivity contribution in [3.8, 4) is 0 Å². The molecule has 0 unspecified atom stereocenters. The zero-order valence-corrected chi connectivity index (χ0v) is 14.2. The molecule has 0 atom stereocenters. The molecule has 0 aromatic carbocycles. The van der Waals surface area contributed by atoms with Crippen LogP contribution in [0.1, 0.15) is 5.01 Å². The van der Waals surface area contributed by atoms with Crippen molar-refractivity contribution in [3.05, 3.63) is 17.4 Å². The molecule has 134 valence electrons. The molecule has 3 aromatic rings. The number of nitrogens with one attached hydrogen (secondary N) is 1. The first-order valence-electron chi connectivity index (χ1n) is 7.07. The van der Waals surface area contributed by atoms with Gasteiger partial charge in [-0.1, -0.05) is 11.3 Å². The maximum absolute atomic E-state index is 12.6. The molecule has 1 saturated heterocycles. The van der Waals surface area contributed by atoms with E-state index in [1.807, 2.05) is 4.90 Å². The van der Waals surface area contributed by atoms with E-state index in [4.69, 9.17) is 0 Å². The molecule has 0 saturated carbocycles. The summed E-state index contributed by atoms with van der Waals surface area (Å²) in [5.74, 6) is 0.569. The highest BCUT2D eigenvalue weighted by Gasteiger charge is 2.36. The second-order valence-corrected chi connectivity index (χ2v) is 6.16. The van der Waals surface area contributed by atoms with E-state index in [0.717, 1.165) is 5.39 Å². The van der Waals surface area contributed by atoms with Gasteiger partial charge in [-0.3, -0.25) is 5.10 Å². The predicted octanol–water partition coefficient (Wildman–Crippen LogP) is 1.97. The summed E-state index contributed by atoms with van der Waals surface area (Å²) in [5.41, 5.74) is 0.654. The number of piperazine rings is 1. The van der Waals surface area contributed by atoms with Crippen LogP contribution in [0.3, 0.4) is 0 Å². The number of hydrogen-bond donors (Lipinski definition) is 1. The third-order valence-electron chi connectivity index (χ3n) is 3.67. The molecule has 3 aromatic heterocycles. The van der Waals surface area contributed by atoms with Crippen molar-refractivity contribution in [3.63, 3.8) is 0 Å². The third kappa shape index (κ3) is 3.44. The van der Waals surface area contributed by atoms with Crippen LogP contribution in [0, 0.1) is 0 Å². The molecule has 0 amide bonds. The molecule has 0 radical (unpaired) electrons. The average Bonchev–Trinajstić information content (AvgIpc) is 3.23. The fourth-order valence-corrected chi connectivity index (χ4v) is 3.20. The minimum absolute atomic E-state index is 0. The van der Waals surface area contributed by atoms with E-state index < -0.39 is 11.2 Å². The maximum atomic E-state index is 12.6. The molecular formula is C12H12ClF3N8S. The Morgan fingerprint density at radius 1 is 1.04 bits per heavy atom. The van der Waals surface area contributed by atoms with Crippen LogP contribution < -0.4 is 9.80 Å². The Balaban J connectivity index is 0.00000182. The van der Waals surface area contributed by atoms with Crippen molar-refractivity contribution in [2.24, 2.45) is 0 Å². The number of aromatic nitrogens is 6. The topological polar surface area (TPSA) is 86.7 Å². The lowest BCUT2D eigenvalue weighted by Crippen LogP contribution is -2.47. The average molecular weight is 393 g/mol. The van der Waals surface area contributed by atoms with Gasteiger partial charge < -0.3 is 9.80 Å². The van der Waals surface area contributed by atoms with Crippen LogP contribution in [0.25, 0.3) is 11.0 Å². The monoisotopic (exact) mass is 392 g/mol. The Labute approximate surface area is 149 Å². The second-order valence-electron chi connectivity index (χ2n) is 5.21. The zero-order chi connectivity index (χ0) is 16.7. The van der Waals surface area contributed by atoms with Gasteiger partial charge in [0, 0.05) is 32.4 Å². The molecule has 0 spiro atoms. The highest BCUT2D eigenvalue weighted by Crippen LogP contribution is 2.34. The van der Waals surface area contributed by atoms with Gasteiger partial charge in [0.1, 0.15) is 0 Å². The smallest absolute Gasteiger partial charge is 0.343 e. The number of fused-ring (bicyclic) bond motifs is 1. The van der Waals surface area contributed by atoms with Crippen molar-refractivity contribution >= 4 is 45.9 Å². The van der Waals surface area contributed by atoms with Gasteiger partial charge in [0.15, 0.2) is 5.65 Å². The van der Waals surface area contributed by atoms with Crippen LogP contribution in [-0.2, 0) is 6.18 Å². The highest BCUT2D eigenvalue weighted by atomic mass is 35.5. The number of rotatable bonds is 2. The van der Waals surface area contributed by atoms with Gasteiger partial charge in [-0.25, -0.2) is 4.98 Å². The molecule has 13 heteroatoms. The number of alkyl halides is 3. The highest BCUT2D eigenvalue weighted by molar-refractivity contribution is 7.15. The van der Waals surface area contributed by atoms with Gasteiger partial charge in [0.2, 0.25) is 16.1 Å². The van der Waals surface area contributed by atoms with Crippen LogP contribution in [0.15, 0.2) is 12.4 Å². The summed E-state index contributed by atoms with van der Waals surface area (Å²) in [6.07, 6.45) is -1.12. The van der Waals surface area contributed by atoms with Gasteiger partial charge in [-0.05, 0) is 0 Å². The van der Waals surface area contributed by atoms with Crippen molar-refractivity contribution in [1.29, 1.82) is 0 Å². The van der Waals surface area contributed by atoms with E-state index in [1.165, 1.54) is 0 Å². The van der Waals surface area contributed by atoms with Crippen molar-refractivity contribution in [2.75, 3.05) is 36.0 Å². The lowest BCUT2D eigenvalue weighted by molar-refractivity contribution is -0.138. The Morgan fingerprint density at radius 3 is 2.44 bits per heavy atom. The van der Waals surface area contributed by atoms with Crippen LogP contribution >= 0.6 is 23.7 Å². The number of halogens is 4. The van der Waals surface area contributed by atoms with Gasteiger partial charge in [0.05, 0.1) is 11.6 Å². The Bertz CT molecular complexity index is 857. The van der Waals surface area contributed by atoms with Gasteiger partial charge >= 0.3 is 6.18 Å². The Morgan fingerprint density at radius 2 is 1.76 bits per heavy atom. The summed E-state index contributed by atoms with van der Waals surface area (Å²) >= 11 is 0.562. The number of H-pyrrole nitrogens is 1. The fraction of sp³-hybridized carbons (Fsp3) is 0.417. The number of hydrogen-bond acceptors (Lipinski definition) is 8. The van der Waals surface area contributed by atoms with E-state index in [1.54, 1.807) is 17.3 Å². The Kier molecular flexibility index (Phi) is 4.64. The molecule has 25 heavy (non-hydrogen) atoms. The summed E-state index contributed by atoms with van der Waals surface area (Å²) < 4.78 is 37.8. The molecule has 4 rings (SSSR count). The summed E-state index contributed by atoms with van der Waals surface area (Å²) in [7, 11) is 0. The standard InChI is InChI=1S/C12H11F3N8S.ClH/c13-12(14,15)9-20-21-11(24-9)23-3-1-22(2-4-23)10-16-5-7-6-17-19-8(7)18-10;/h5-6H,1-4H2,(H,16,17,18,19);1H. The third-order valence-corrected chi connectivity index (χ3v) is 4.70. The van der Waals surface area contributed by atoms with E-state index in [2.05, 4.69) is 30.4 Å². The molecule has 4 heterocycles. The number of aromatic amines is 1. The van der Waals surface area contributed by atoms with Crippen LogP contribution in [0.5, 0.6) is 0 Å². The van der Waals surface area contributed by atoms with E-state index in [0.29, 0.717) is 49.1 Å². The quantitative estimate of drug-likeness (QED) is 0.713. The number of anilines is 2. The van der Waals surface area contributed by atoms with Gasteiger partial charge in [-0.2, -0.15) is 23.3 Å². The van der Waals surface area contributed by atoms with Gasteiger partial charge in [-0.15, -0.1) is 22.6 Å². The van der Waals surface area contributed by atoms with Crippen molar-refractivity contribution in [1.82, 2.24) is 30.4 Å². The molecule has 8 nitrogen and oxygen atoms in total. The fourth-order valence-electron chi connectivity index (χ4n) is 2.44. The first-order chi connectivity index (χ1) is 11.5. The molecule has 1 N–H and O–H groups in total. The Hall–Kier alpha value is -2.21. The predicted molar refractivity (Wildman–Crippen MR) is 88.3 cm³/mol. The second kappa shape index (κ2) is 6.59. The van der Waals surface area contributed by atoms with E-state index >= 15 is 0 Å². The minimum Gasteiger partial charge on any atom is -0.343 e. The number of nitrogens with zero attached hydrogens (tertiary/aromatic N) is 7. The minimum atomic E-state index is -4.45. The molecular weight excluding hydrogens is 381 g/mol. The maximum Gasteiger partial charge on any atom is 0.445 e. The van der Waals surface area contributed by atoms with Crippen LogP contribution in [0.2, 0.25) is 0 Å². The summed E-state index contributed by atoms with van der Waals surface area (Å²) in [6, 6.07) is 0. The largest absolute Gasteiger partial charge is 0.445 e. The van der Waals surface area contributed by atoms with E-state index in [-0.39, 0.29) is 17.5 Å². The first-order valence-corrected chi connectivity index (χ1v) is 7.89. The van der Waals surface area contributed by atoms with Crippen molar-refractivity contribution < 1.29 is 13.2 Å². The van der Waals surface area contributed by atoms with Gasteiger partial charge in [0.25, 0.3) is 0 Å². The zero-order valence-electron chi connectivity index (χ0n) is 12.6. The summed E-state index contributed by atoms with van der Waals surface area (Å²) in [6.45, 7) is 2.22. The lowest BCUT2D eigenvalue weighted by Gasteiger charge is -2.34. The summed E-state index contributed by atoms with van der Waals surface area (Å²) in [4.78, 5) is 12.5. The molecule has 0 bridgehead atoms. The molecule has 1 aliphatic heterocycles. The lowest BCUT2D eigenvalue weighted by atomic mass is 10.3. The first kappa shape index (κ1) is 17.6. The van der Waals surface area contributed by atoms with Crippen molar-refractivity contribution in [2.45, 2.75) is 6.18 Å². The van der Waals surface area contributed by atoms with Crippen LogP contribution in [-0.4, -0.2) is 56.5 Å². The molecule has 1 fully saturated rings. The molecule has 1 aliphatic rings. The SMILES string of the molecule is Cl.FC(F)(F)c1nnc(N2CCN(c3ncc4cn[nH]c4n3)CC2)s1. The van der Waals surface area contributed by atoms with Crippen LogP contribution in [0.4, 0.5) is 24.3 Å². The summed E-state index contributed by atoms with van der Waals surface area (Å²) in [5, 5.41) is 13.7.